The zero-order chi connectivity index (χ0) is 12.4. The molecule has 4 heteroatoms. The summed E-state index contributed by atoms with van der Waals surface area (Å²) in [6.45, 7) is 1.99. The molecule has 2 rings (SSSR count). The number of anilines is 3. The molecule has 0 unspecified atom stereocenters. The molecule has 0 saturated carbocycles. The highest BCUT2D eigenvalue weighted by Crippen LogP contribution is 2.26. The molecule has 88 valence electrons. The number of nitrogens with two attached hydrogens (primary N) is 1. The standard InChI is InChI=1S/C13H12BrFN2/c1-8-2-3-9(16)6-13(8)17-10-4-5-12(15)11(14)7-10/h2-7,17H,16H2,1H3. The van der Waals surface area contributed by atoms with Crippen molar-refractivity contribution >= 4 is 33.0 Å². The quantitative estimate of drug-likeness (QED) is 0.814. The van der Waals surface area contributed by atoms with Gasteiger partial charge in [-0.1, -0.05) is 6.07 Å². The molecule has 0 fully saturated rings. The lowest BCUT2D eigenvalue weighted by Gasteiger charge is -2.10. The van der Waals surface area contributed by atoms with Crippen molar-refractivity contribution < 1.29 is 4.39 Å². The molecular formula is C13H12BrFN2. The van der Waals surface area contributed by atoms with Crippen LogP contribution in [0.4, 0.5) is 21.5 Å². The fraction of sp³-hybridized carbons (Fsp3) is 0.0769. The van der Waals surface area contributed by atoms with Gasteiger partial charge in [0, 0.05) is 17.1 Å². The van der Waals surface area contributed by atoms with Crippen molar-refractivity contribution in [3.63, 3.8) is 0 Å². The third-order valence-electron chi connectivity index (χ3n) is 2.46. The van der Waals surface area contributed by atoms with Crippen molar-refractivity contribution in [3.8, 4) is 0 Å². The number of rotatable bonds is 2. The van der Waals surface area contributed by atoms with Gasteiger partial charge in [0.15, 0.2) is 0 Å². The first-order valence-electron chi connectivity index (χ1n) is 5.14. The summed E-state index contributed by atoms with van der Waals surface area (Å²) >= 11 is 3.15. The number of halogens is 2. The topological polar surface area (TPSA) is 38.0 Å². The van der Waals surface area contributed by atoms with Gasteiger partial charge in [0.2, 0.25) is 0 Å². The lowest BCUT2D eigenvalue weighted by atomic mass is 10.1. The number of hydrogen-bond donors (Lipinski definition) is 2. The molecule has 0 aliphatic rings. The Morgan fingerprint density at radius 1 is 1.18 bits per heavy atom. The molecule has 0 amide bonds. The Kier molecular flexibility index (Phi) is 3.33. The molecule has 2 aromatic rings. The van der Waals surface area contributed by atoms with Crippen LogP contribution in [0.25, 0.3) is 0 Å². The molecule has 0 atom stereocenters. The van der Waals surface area contributed by atoms with E-state index in [4.69, 9.17) is 5.73 Å². The monoisotopic (exact) mass is 294 g/mol. The average molecular weight is 295 g/mol. The summed E-state index contributed by atoms with van der Waals surface area (Å²) < 4.78 is 13.5. The molecule has 0 bridgehead atoms. The lowest BCUT2D eigenvalue weighted by molar-refractivity contribution is 0.621. The SMILES string of the molecule is Cc1ccc(N)cc1Nc1ccc(F)c(Br)c1. The van der Waals surface area contributed by atoms with Crippen LogP contribution in [0, 0.1) is 12.7 Å². The third-order valence-corrected chi connectivity index (χ3v) is 3.07. The lowest BCUT2D eigenvalue weighted by Crippen LogP contribution is -1.95. The summed E-state index contributed by atoms with van der Waals surface area (Å²) in [5.74, 6) is -0.278. The Bertz CT molecular complexity index is 555. The van der Waals surface area contributed by atoms with Crippen molar-refractivity contribution in [3.05, 3.63) is 52.3 Å². The molecule has 0 aliphatic carbocycles. The molecule has 17 heavy (non-hydrogen) atoms. The Balaban J connectivity index is 2.31. The van der Waals surface area contributed by atoms with Crippen LogP contribution >= 0.6 is 15.9 Å². The fourth-order valence-corrected chi connectivity index (χ4v) is 1.88. The zero-order valence-corrected chi connectivity index (χ0v) is 10.9. The predicted octanol–water partition coefficient (Wildman–Crippen LogP) is 4.22. The number of hydrogen-bond acceptors (Lipinski definition) is 2. The van der Waals surface area contributed by atoms with Crippen molar-refractivity contribution in [2.45, 2.75) is 6.92 Å². The van der Waals surface area contributed by atoms with Crippen LogP contribution in [0.5, 0.6) is 0 Å². The minimum atomic E-state index is -0.278. The molecule has 0 radical (unpaired) electrons. The van der Waals surface area contributed by atoms with E-state index in [2.05, 4.69) is 21.2 Å². The maximum absolute atomic E-state index is 13.1. The molecule has 0 heterocycles. The Labute approximate surface area is 108 Å². The first-order valence-corrected chi connectivity index (χ1v) is 5.94. The first-order chi connectivity index (χ1) is 8.06. The number of nitrogens with one attached hydrogen (secondary N) is 1. The van der Waals surface area contributed by atoms with E-state index in [0.29, 0.717) is 10.2 Å². The second kappa shape index (κ2) is 4.75. The Hall–Kier alpha value is -1.55. The summed E-state index contributed by atoms with van der Waals surface area (Å²) in [6.07, 6.45) is 0. The average Bonchev–Trinajstić information content (AvgIpc) is 2.29. The van der Waals surface area contributed by atoms with Crippen LogP contribution in [-0.4, -0.2) is 0 Å². The van der Waals surface area contributed by atoms with Crippen molar-refractivity contribution in [2.75, 3.05) is 11.1 Å². The summed E-state index contributed by atoms with van der Waals surface area (Å²) in [5.41, 5.74) is 9.23. The Morgan fingerprint density at radius 3 is 2.65 bits per heavy atom. The second-order valence-electron chi connectivity index (χ2n) is 3.83. The number of benzene rings is 2. The van der Waals surface area contributed by atoms with Gasteiger partial charge in [-0.3, -0.25) is 0 Å². The summed E-state index contributed by atoms with van der Waals surface area (Å²) in [4.78, 5) is 0. The van der Waals surface area contributed by atoms with Crippen LogP contribution in [0.2, 0.25) is 0 Å². The highest BCUT2D eigenvalue weighted by Gasteiger charge is 2.03. The van der Waals surface area contributed by atoms with Gasteiger partial charge >= 0.3 is 0 Å². The van der Waals surface area contributed by atoms with Gasteiger partial charge < -0.3 is 11.1 Å². The molecule has 2 aromatic carbocycles. The van der Waals surface area contributed by atoms with Crippen LogP contribution < -0.4 is 11.1 Å². The van der Waals surface area contributed by atoms with Gasteiger partial charge in [0.05, 0.1) is 4.47 Å². The number of nitrogen functional groups attached to an aromatic ring is 1. The van der Waals surface area contributed by atoms with E-state index in [9.17, 15) is 4.39 Å². The molecule has 0 spiro atoms. The van der Waals surface area contributed by atoms with E-state index in [1.807, 2.05) is 25.1 Å². The van der Waals surface area contributed by atoms with E-state index in [1.54, 1.807) is 12.1 Å². The van der Waals surface area contributed by atoms with Crippen molar-refractivity contribution in [1.29, 1.82) is 0 Å². The minimum absolute atomic E-state index is 0.278. The Morgan fingerprint density at radius 2 is 1.94 bits per heavy atom. The zero-order valence-electron chi connectivity index (χ0n) is 9.30. The first kappa shape index (κ1) is 11.9. The van der Waals surface area contributed by atoms with Gasteiger partial charge in [-0.2, -0.15) is 0 Å². The van der Waals surface area contributed by atoms with Gasteiger partial charge in [-0.05, 0) is 58.7 Å². The van der Waals surface area contributed by atoms with Crippen LogP contribution in [0.15, 0.2) is 40.9 Å². The maximum atomic E-state index is 13.1. The molecule has 2 nitrogen and oxygen atoms in total. The maximum Gasteiger partial charge on any atom is 0.137 e. The third kappa shape index (κ3) is 2.77. The second-order valence-corrected chi connectivity index (χ2v) is 4.68. The van der Waals surface area contributed by atoms with E-state index in [1.165, 1.54) is 6.07 Å². The van der Waals surface area contributed by atoms with E-state index >= 15 is 0 Å². The smallest absolute Gasteiger partial charge is 0.137 e. The van der Waals surface area contributed by atoms with Crippen molar-refractivity contribution in [1.82, 2.24) is 0 Å². The highest BCUT2D eigenvalue weighted by molar-refractivity contribution is 9.10. The van der Waals surface area contributed by atoms with Gasteiger partial charge in [0.25, 0.3) is 0 Å². The summed E-state index contributed by atoms with van der Waals surface area (Å²) in [5, 5.41) is 3.20. The van der Waals surface area contributed by atoms with Gasteiger partial charge in [-0.25, -0.2) is 4.39 Å². The normalized spacial score (nSPS) is 10.3. The molecule has 0 aromatic heterocycles. The van der Waals surface area contributed by atoms with Gasteiger partial charge in [-0.15, -0.1) is 0 Å². The largest absolute Gasteiger partial charge is 0.399 e. The predicted molar refractivity (Wildman–Crippen MR) is 73.0 cm³/mol. The van der Waals surface area contributed by atoms with Crippen LogP contribution in [0.1, 0.15) is 5.56 Å². The molecule has 0 aliphatic heterocycles. The summed E-state index contributed by atoms with van der Waals surface area (Å²) in [6, 6.07) is 10.4. The molecular weight excluding hydrogens is 283 g/mol. The van der Waals surface area contributed by atoms with Crippen LogP contribution in [-0.2, 0) is 0 Å². The van der Waals surface area contributed by atoms with Crippen molar-refractivity contribution in [2.24, 2.45) is 0 Å². The van der Waals surface area contributed by atoms with Crippen LogP contribution in [0.3, 0.4) is 0 Å². The van der Waals surface area contributed by atoms with E-state index in [-0.39, 0.29) is 5.82 Å². The van der Waals surface area contributed by atoms with Gasteiger partial charge in [0.1, 0.15) is 5.82 Å². The summed E-state index contributed by atoms with van der Waals surface area (Å²) in [7, 11) is 0. The molecule has 0 saturated heterocycles. The van der Waals surface area contributed by atoms with E-state index < -0.39 is 0 Å². The number of aryl methyl sites for hydroxylation is 1. The minimum Gasteiger partial charge on any atom is -0.399 e. The molecule has 3 N–H and O–H groups in total. The highest BCUT2D eigenvalue weighted by atomic mass is 79.9. The fourth-order valence-electron chi connectivity index (χ4n) is 1.50. The van der Waals surface area contributed by atoms with E-state index in [0.717, 1.165) is 16.9 Å².